The Labute approximate surface area is 233 Å². The Kier molecular flexibility index (Phi) is 6.43. The minimum Gasteiger partial charge on any atom is -0.497 e. The molecule has 2 aliphatic heterocycles. The Morgan fingerprint density at radius 3 is 2.35 bits per heavy atom. The number of hydrogen-bond acceptors (Lipinski definition) is 7. The molecule has 8 nitrogen and oxygen atoms in total. The van der Waals surface area contributed by atoms with Crippen LogP contribution in [0.15, 0.2) is 99.9 Å². The molecule has 1 atom stereocenters. The van der Waals surface area contributed by atoms with E-state index in [1.54, 1.807) is 31.1 Å². The highest BCUT2D eigenvalue weighted by atomic mass is 32.1. The molecule has 2 aliphatic rings. The molecule has 1 aromatic heterocycles. The third kappa shape index (κ3) is 4.06. The van der Waals surface area contributed by atoms with E-state index in [0.29, 0.717) is 39.5 Å². The molecule has 200 valence electrons. The second-order valence-electron chi connectivity index (χ2n) is 9.44. The first kappa shape index (κ1) is 25.5. The van der Waals surface area contributed by atoms with Crippen molar-refractivity contribution in [2.24, 2.45) is 4.99 Å². The van der Waals surface area contributed by atoms with E-state index in [2.05, 4.69) is 4.99 Å². The summed E-state index contributed by atoms with van der Waals surface area (Å²) in [7, 11) is 2.87. The predicted molar refractivity (Wildman–Crippen MR) is 152 cm³/mol. The summed E-state index contributed by atoms with van der Waals surface area (Å²) >= 11 is 1.15. The first-order valence-corrected chi connectivity index (χ1v) is 13.5. The molecule has 0 fully saturated rings. The average Bonchev–Trinajstić information content (AvgIpc) is 3.44. The highest BCUT2D eigenvalue weighted by molar-refractivity contribution is 7.07. The lowest BCUT2D eigenvalue weighted by Gasteiger charge is -2.24. The van der Waals surface area contributed by atoms with E-state index in [9.17, 15) is 14.4 Å². The lowest BCUT2D eigenvalue weighted by Crippen LogP contribution is -2.40. The van der Waals surface area contributed by atoms with E-state index in [0.717, 1.165) is 22.6 Å². The van der Waals surface area contributed by atoms with Crippen molar-refractivity contribution in [3.05, 3.63) is 127 Å². The van der Waals surface area contributed by atoms with Crippen LogP contribution in [0.25, 0.3) is 5.57 Å². The van der Waals surface area contributed by atoms with Gasteiger partial charge in [0.25, 0.3) is 11.5 Å². The van der Waals surface area contributed by atoms with Crippen LogP contribution < -0.4 is 24.5 Å². The van der Waals surface area contributed by atoms with Gasteiger partial charge in [-0.3, -0.25) is 14.2 Å². The Morgan fingerprint density at radius 2 is 1.65 bits per heavy atom. The van der Waals surface area contributed by atoms with Gasteiger partial charge in [-0.15, -0.1) is 0 Å². The number of benzene rings is 3. The Balaban J connectivity index is 1.58. The number of fused-ring (bicyclic) bond motifs is 2. The smallest absolute Gasteiger partial charge is 0.338 e. The number of carbonyl (C=O) groups excluding carboxylic acids is 2. The standard InChI is InChI=1S/C31H25N3O5S/c1-18-24(30(37)39-3)26(20-13-15-21(38-2)16-14-20)34-29(36)27(40-31(34)32-18)25-22-11-7-8-12-23(22)33(28(25)35)17-19-9-5-4-6-10-19/h4-16,26H,17H2,1-3H3. The molecule has 1 unspecified atom stereocenters. The number of ether oxygens (including phenoxy) is 2. The normalized spacial score (nSPS) is 17.3. The molecule has 4 aromatic rings. The summed E-state index contributed by atoms with van der Waals surface area (Å²) < 4.78 is 12.2. The largest absolute Gasteiger partial charge is 0.497 e. The number of rotatable bonds is 5. The summed E-state index contributed by atoms with van der Waals surface area (Å²) in [6, 6.07) is 23.6. The molecule has 3 heterocycles. The lowest BCUT2D eigenvalue weighted by atomic mass is 9.96. The van der Waals surface area contributed by atoms with Crippen LogP contribution in [0, 0.1) is 0 Å². The number of esters is 1. The predicted octanol–water partition coefficient (Wildman–Crippen LogP) is 3.33. The zero-order valence-electron chi connectivity index (χ0n) is 22.1. The highest BCUT2D eigenvalue weighted by Crippen LogP contribution is 2.36. The van der Waals surface area contributed by atoms with Gasteiger partial charge in [0, 0.05) is 5.56 Å². The van der Waals surface area contributed by atoms with Gasteiger partial charge in [-0.1, -0.05) is 72.0 Å². The summed E-state index contributed by atoms with van der Waals surface area (Å²) in [5.41, 5.74) is 3.77. The second kappa shape index (κ2) is 10.1. The van der Waals surface area contributed by atoms with Crippen LogP contribution >= 0.6 is 11.3 Å². The molecule has 40 heavy (non-hydrogen) atoms. The number of carbonyl (C=O) groups is 2. The van der Waals surface area contributed by atoms with Crippen LogP contribution in [0.2, 0.25) is 0 Å². The minimum atomic E-state index is -0.781. The third-order valence-corrected chi connectivity index (χ3v) is 8.22. The average molecular weight is 552 g/mol. The third-order valence-electron chi connectivity index (χ3n) is 7.17. The molecule has 0 spiro atoms. The SMILES string of the molecule is COC(=O)C1=C(C)N=c2sc(=C3C(=O)N(Cc4ccccc4)c4ccccc43)c(=O)n2C1c1ccc(OC)cc1. The number of aromatic nitrogens is 1. The fourth-order valence-electron chi connectivity index (χ4n) is 5.27. The zero-order valence-corrected chi connectivity index (χ0v) is 22.9. The summed E-state index contributed by atoms with van der Waals surface area (Å²) in [5, 5.41) is 0. The fourth-order valence-corrected chi connectivity index (χ4v) is 6.40. The molecule has 0 saturated heterocycles. The van der Waals surface area contributed by atoms with E-state index < -0.39 is 17.6 Å². The van der Waals surface area contributed by atoms with Crippen molar-refractivity contribution in [1.29, 1.82) is 0 Å². The van der Waals surface area contributed by atoms with Crippen molar-refractivity contribution in [2.75, 3.05) is 19.1 Å². The number of methoxy groups -OCH3 is 2. The van der Waals surface area contributed by atoms with Gasteiger partial charge < -0.3 is 14.4 Å². The van der Waals surface area contributed by atoms with E-state index in [1.165, 1.54) is 11.7 Å². The first-order valence-electron chi connectivity index (χ1n) is 12.7. The Hall–Kier alpha value is -4.76. The van der Waals surface area contributed by atoms with Gasteiger partial charge in [-0.05, 0) is 36.2 Å². The Bertz CT molecular complexity index is 1870. The van der Waals surface area contributed by atoms with Crippen LogP contribution in [-0.4, -0.2) is 30.7 Å². The quantitative estimate of drug-likeness (QED) is 0.355. The molecule has 0 radical (unpaired) electrons. The van der Waals surface area contributed by atoms with Crippen molar-refractivity contribution in [2.45, 2.75) is 19.5 Å². The maximum absolute atomic E-state index is 14.2. The molecule has 1 amide bonds. The van der Waals surface area contributed by atoms with E-state index in [4.69, 9.17) is 9.47 Å². The van der Waals surface area contributed by atoms with Crippen LogP contribution in [-0.2, 0) is 20.9 Å². The number of nitrogens with zero attached hydrogens (tertiary/aromatic N) is 3. The molecule has 6 rings (SSSR count). The van der Waals surface area contributed by atoms with Crippen LogP contribution in [0.4, 0.5) is 5.69 Å². The summed E-state index contributed by atoms with van der Waals surface area (Å²) in [5.74, 6) is -0.179. The number of amides is 1. The fraction of sp³-hybridized carbons (Fsp3) is 0.161. The maximum atomic E-state index is 14.2. The maximum Gasteiger partial charge on any atom is 0.338 e. The first-order chi connectivity index (χ1) is 19.4. The minimum absolute atomic E-state index is 0.250. The summed E-state index contributed by atoms with van der Waals surface area (Å²) in [6.07, 6.45) is 0. The number of hydrogen-bond donors (Lipinski definition) is 0. The Morgan fingerprint density at radius 1 is 0.950 bits per heavy atom. The number of thiazole rings is 1. The molecule has 0 bridgehead atoms. The van der Waals surface area contributed by atoms with E-state index in [-0.39, 0.29) is 16.0 Å². The van der Waals surface area contributed by atoms with Crippen molar-refractivity contribution >= 4 is 34.5 Å². The van der Waals surface area contributed by atoms with Gasteiger partial charge in [0.2, 0.25) is 0 Å². The highest BCUT2D eigenvalue weighted by Gasteiger charge is 2.37. The molecule has 3 aromatic carbocycles. The molecular formula is C31H25N3O5S. The van der Waals surface area contributed by atoms with Gasteiger partial charge in [-0.25, -0.2) is 9.79 Å². The van der Waals surface area contributed by atoms with Gasteiger partial charge >= 0.3 is 5.97 Å². The lowest BCUT2D eigenvalue weighted by molar-refractivity contribution is -0.136. The summed E-state index contributed by atoms with van der Waals surface area (Å²) in [6.45, 7) is 2.10. The monoisotopic (exact) mass is 551 g/mol. The van der Waals surface area contributed by atoms with Crippen LogP contribution in [0.1, 0.15) is 29.7 Å². The van der Waals surface area contributed by atoms with Crippen LogP contribution in [0.3, 0.4) is 0 Å². The zero-order chi connectivity index (χ0) is 28.0. The summed E-state index contributed by atoms with van der Waals surface area (Å²) in [4.78, 5) is 47.9. The van der Waals surface area contributed by atoms with Gasteiger partial charge in [0.15, 0.2) is 4.80 Å². The van der Waals surface area contributed by atoms with Crippen molar-refractivity contribution in [3.63, 3.8) is 0 Å². The molecule has 9 heteroatoms. The second-order valence-corrected chi connectivity index (χ2v) is 10.4. The van der Waals surface area contributed by atoms with Gasteiger partial charge in [-0.2, -0.15) is 0 Å². The molecule has 0 N–H and O–H groups in total. The molecular weight excluding hydrogens is 526 g/mol. The van der Waals surface area contributed by atoms with Crippen LogP contribution in [0.5, 0.6) is 5.75 Å². The van der Waals surface area contributed by atoms with Crippen molar-refractivity contribution in [1.82, 2.24) is 4.57 Å². The van der Waals surface area contributed by atoms with Crippen molar-refractivity contribution < 1.29 is 19.1 Å². The number of para-hydroxylation sites is 1. The molecule has 0 saturated carbocycles. The van der Waals surface area contributed by atoms with Crippen molar-refractivity contribution in [3.8, 4) is 5.75 Å². The molecule has 0 aliphatic carbocycles. The number of allylic oxidation sites excluding steroid dienone is 1. The topological polar surface area (TPSA) is 90.2 Å². The number of anilines is 1. The van der Waals surface area contributed by atoms with Gasteiger partial charge in [0.1, 0.15) is 10.3 Å². The van der Waals surface area contributed by atoms with E-state index >= 15 is 0 Å². The van der Waals surface area contributed by atoms with Gasteiger partial charge in [0.05, 0.1) is 49.3 Å². The van der Waals surface area contributed by atoms with E-state index in [1.807, 2.05) is 66.7 Å².